The van der Waals surface area contributed by atoms with Crippen molar-refractivity contribution >= 4 is 17.3 Å². The molecule has 0 fully saturated rings. The molecular weight excluding hydrogens is 192 g/mol. The van der Waals surface area contributed by atoms with Crippen LogP contribution in [0.25, 0.3) is 0 Å². The van der Waals surface area contributed by atoms with Crippen LogP contribution in [0.4, 0.5) is 0 Å². The largest absolute Gasteiger partial charge is 0.497 e. The second kappa shape index (κ2) is 7.43. The van der Waals surface area contributed by atoms with Gasteiger partial charge in [-0.1, -0.05) is 0 Å². The molecule has 0 saturated carbocycles. The maximum absolute atomic E-state index is 8.57. The second-order valence-corrected chi connectivity index (χ2v) is 2.15. The molecule has 0 saturated heterocycles. The predicted octanol–water partition coefficient (Wildman–Crippen LogP) is 2.12. The van der Waals surface area contributed by atoms with E-state index in [-0.39, 0.29) is 5.75 Å². The zero-order chi connectivity index (χ0) is 10.1. The molecule has 13 heavy (non-hydrogen) atoms. The molecule has 0 N–H and O–H groups in total. The number of ether oxygens (including phenoxy) is 2. The van der Waals surface area contributed by atoms with Gasteiger partial charge in [0.1, 0.15) is 11.5 Å². The normalized spacial score (nSPS) is 7.92. The number of carbonyl (C=O) groups is 1. The molecule has 3 nitrogen and oxygen atoms in total. The molecule has 0 radical (unpaired) electrons. The minimum absolute atomic E-state index is 0.222. The van der Waals surface area contributed by atoms with Gasteiger partial charge < -0.3 is 9.47 Å². The highest BCUT2D eigenvalue weighted by atomic mass is 35.5. The molecule has 0 heterocycles. The molecule has 1 aromatic rings. The van der Waals surface area contributed by atoms with E-state index in [0.717, 1.165) is 11.5 Å². The van der Waals surface area contributed by atoms with Crippen LogP contribution >= 0.6 is 11.6 Å². The van der Waals surface area contributed by atoms with E-state index < -0.39 is 0 Å². The molecule has 4 heteroatoms. The van der Waals surface area contributed by atoms with Gasteiger partial charge in [-0.15, -0.1) is 0 Å². The third kappa shape index (κ3) is 5.09. The zero-order valence-corrected chi connectivity index (χ0v) is 8.25. The van der Waals surface area contributed by atoms with E-state index in [9.17, 15) is 0 Å². The summed E-state index contributed by atoms with van der Waals surface area (Å²) in [6.45, 7) is 0. The van der Waals surface area contributed by atoms with Crippen LogP contribution in [0.3, 0.4) is 0 Å². The lowest BCUT2D eigenvalue weighted by Gasteiger charge is -2.00. The Morgan fingerprint density at radius 1 is 1.08 bits per heavy atom. The fourth-order valence-corrected chi connectivity index (χ4v) is 0.712. The van der Waals surface area contributed by atoms with E-state index >= 15 is 0 Å². The minimum atomic E-state index is 0.222. The molecule has 0 aromatic heterocycles. The van der Waals surface area contributed by atoms with Gasteiger partial charge in [-0.2, -0.15) is 0 Å². The number of hydrogen-bond donors (Lipinski definition) is 0. The summed E-state index contributed by atoms with van der Waals surface area (Å²) in [6.07, 6.45) is 0. The van der Waals surface area contributed by atoms with Crippen LogP contribution in [0, 0.1) is 0 Å². The molecule has 0 unspecified atom stereocenters. The highest BCUT2D eigenvalue weighted by Gasteiger charge is 1.89. The van der Waals surface area contributed by atoms with Crippen molar-refractivity contribution in [1.29, 1.82) is 0 Å². The average Bonchev–Trinajstić information content (AvgIpc) is 2.19. The Bertz CT molecular complexity index is 210. The van der Waals surface area contributed by atoms with Gasteiger partial charge in [0.05, 0.1) is 14.2 Å². The SMILES string of the molecule is COc1ccc(OC)cc1.O=CCl. The van der Waals surface area contributed by atoms with Crippen LogP contribution in [0.15, 0.2) is 24.3 Å². The van der Waals surface area contributed by atoms with E-state index in [0.29, 0.717) is 0 Å². The predicted molar refractivity (Wildman–Crippen MR) is 52.1 cm³/mol. The molecule has 0 aliphatic rings. The summed E-state index contributed by atoms with van der Waals surface area (Å²) in [6, 6.07) is 7.44. The summed E-state index contributed by atoms with van der Waals surface area (Å²) >= 11 is 4.32. The summed E-state index contributed by atoms with van der Waals surface area (Å²) in [7, 11) is 3.28. The molecule has 1 aromatic carbocycles. The Kier molecular flexibility index (Phi) is 6.73. The van der Waals surface area contributed by atoms with Gasteiger partial charge in [0.25, 0.3) is 0 Å². The van der Waals surface area contributed by atoms with Gasteiger partial charge in [-0.25, -0.2) is 0 Å². The first-order valence-electron chi connectivity index (χ1n) is 3.50. The Morgan fingerprint density at radius 2 is 1.31 bits per heavy atom. The number of hydrogen-bond acceptors (Lipinski definition) is 3. The first kappa shape index (κ1) is 11.8. The second-order valence-electron chi connectivity index (χ2n) is 1.97. The lowest BCUT2D eigenvalue weighted by Crippen LogP contribution is -1.83. The first-order chi connectivity index (χ1) is 6.28. The molecule has 1 rings (SSSR count). The monoisotopic (exact) mass is 202 g/mol. The summed E-state index contributed by atoms with van der Waals surface area (Å²) in [5, 5.41) is 0. The summed E-state index contributed by atoms with van der Waals surface area (Å²) in [5.74, 6) is 1.92. The Hall–Kier alpha value is -1.22. The van der Waals surface area contributed by atoms with Crippen molar-refractivity contribution in [2.45, 2.75) is 0 Å². The van der Waals surface area contributed by atoms with E-state index in [4.69, 9.17) is 14.3 Å². The number of rotatable bonds is 2. The zero-order valence-electron chi connectivity index (χ0n) is 7.49. The van der Waals surface area contributed by atoms with E-state index in [1.807, 2.05) is 24.3 Å². The van der Waals surface area contributed by atoms with Crippen molar-refractivity contribution in [2.24, 2.45) is 0 Å². The molecule has 0 bridgehead atoms. The van der Waals surface area contributed by atoms with Crippen LogP contribution < -0.4 is 9.47 Å². The third-order valence-corrected chi connectivity index (χ3v) is 1.30. The van der Waals surface area contributed by atoms with Gasteiger partial charge in [-0.05, 0) is 35.9 Å². The maximum Gasteiger partial charge on any atom is 0.208 e. The van der Waals surface area contributed by atoms with E-state index in [1.165, 1.54) is 0 Å². The van der Waals surface area contributed by atoms with Crippen LogP contribution in [0.1, 0.15) is 0 Å². The molecule has 72 valence electrons. The number of methoxy groups -OCH3 is 2. The van der Waals surface area contributed by atoms with Gasteiger partial charge in [-0.3, -0.25) is 4.79 Å². The van der Waals surface area contributed by atoms with Crippen molar-refractivity contribution < 1.29 is 14.3 Å². The lowest BCUT2D eigenvalue weighted by atomic mass is 10.3. The smallest absolute Gasteiger partial charge is 0.208 e. The van der Waals surface area contributed by atoms with Crippen LogP contribution in [-0.2, 0) is 4.79 Å². The Balaban J connectivity index is 0.000000424. The standard InChI is InChI=1S/C8H10O2.CHClO/c1-9-7-3-5-8(10-2)6-4-7;2-1-3/h3-6H,1-2H3;1H. The Labute approximate surface area is 82.2 Å². The lowest BCUT2D eigenvalue weighted by molar-refractivity contribution is 0.403. The maximum atomic E-state index is 8.57. The van der Waals surface area contributed by atoms with Crippen LogP contribution in [-0.4, -0.2) is 20.0 Å². The summed E-state index contributed by atoms with van der Waals surface area (Å²) in [5.41, 5.74) is 0. The van der Waals surface area contributed by atoms with E-state index in [2.05, 4.69) is 11.6 Å². The summed E-state index contributed by atoms with van der Waals surface area (Å²) < 4.78 is 9.92. The number of benzene rings is 1. The van der Waals surface area contributed by atoms with Crippen LogP contribution in [0.2, 0.25) is 0 Å². The molecular formula is C9H11ClO3. The Morgan fingerprint density at radius 3 is 1.46 bits per heavy atom. The van der Waals surface area contributed by atoms with Crippen molar-refractivity contribution in [3.63, 3.8) is 0 Å². The van der Waals surface area contributed by atoms with Gasteiger partial charge in [0.15, 0.2) is 0 Å². The molecule has 0 amide bonds. The van der Waals surface area contributed by atoms with Gasteiger partial charge in [0.2, 0.25) is 5.75 Å². The third-order valence-electron chi connectivity index (χ3n) is 1.30. The fourth-order valence-electron chi connectivity index (χ4n) is 0.712. The van der Waals surface area contributed by atoms with Crippen LogP contribution in [0.5, 0.6) is 11.5 Å². The van der Waals surface area contributed by atoms with Gasteiger partial charge in [0, 0.05) is 0 Å². The molecule has 0 aliphatic carbocycles. The fraction of sp³-hybridized carbons (Fsp3) is 0.222. The molecule has 0 aliphatic heterocycles. The highest BCUT2D eigenvalue weighted by Crippen LogP contribution is 2.15. The van der Waals surface area contributed by atoms with Crippen molar-refractivity contribution in [1.82, 2.24) is 0 Å². The quantitative estimate of drug-likeness (QED) is 0.545. The average molecular weight is 203 g/mol. The highest BCUT2D eigenvalue weighted by molar-refractivity contribution is 6.54. The minimum Gasteiger partial charge on any atom is -0.497 e. The number of halogens is 1. The summed E-state index contributed by atoms with van der Waals surface area (Å²) in [4.78, 5) is 8.57. The topological polar surface area (TPSA) is 35.5 Å². The molecule has 0 atom stereocenters. The van der Waals surface area contributed by atoms with Crippen molar-refractivity contribution in [2.75, 3.05) is 14.2 Å². The number of carbonyl (C=O) groups excluding carboxylic acids is 1. The van der Waals surface area contributed by atoms with Crippen molar-refractivity contribution in [3.05, 3.63) is 24.3 Å². The van der Waals surface area contributed by atoms with E-state index in [1.54, 1.807) is 14.2 Å². The van der Waals surface area contributed by atoms with Gasteiger partial charge >= 0.3 is 0 Å². The van der Waals surface area contributed by atoms with Crippen molar-refractivity contribution in [3.8, 4) is 11.5 Å². The molecule has 0 spiro atoms. The first-order valence-corrected chi connectivity index (χ1v) is 3.94.